The Labute approximate surface area is 180 Å². The summed E-state index contributed by atoms with van der Waals surface area (Å²) in [5, 5.41) is 14.7. The second-order valence-electron chi connectivity index (χ2n) is 8.87. The van der Waals surface area contributed by atoms with Gasteiger partial charge in [-0.1, -0.05) is 32.9 Å². The minimum Gasteiger partial charge on any atom is -0.323 e. The number of amides is 1. The van der Waals surface area contributed by atoms with Crippen molar-refractivity contribution in [2.24, 2.45) is 0 Å². The van der Waals surface area contributed by atoms with E-state index in [1.165, 1.54) is 5.56 Å². The zero-order chi connectivity index (χ0) is 21.6. The molecule has 3 aromatic heterocycles. The number of anilines is 3. The predicted octanol–water partition coefficient (Wildman–Crippen LogP) is 4.09. The highest BCUT2D eigenvalue weighted by Crippen LogP contribution is 2.33. The van der Waals surface area contributed by atoms with Crippen molar-refractivity contribution in [3.8, 4) is 0 Å². The van der Waals surface area contributed by atoms with Crippen LogP contribution in [-0.2, 0) is 11.8 Å². The van der Waals surface area contributed by atoms with Crippen molar-refractivity contribution >= 4 is 28.9 Å². The first-order valence-electron chi connectivity index (χ1n) is 10.5. The Balaban J connectivity index is 1.47. The van der Waals surface area contributed by atoms with Crippen LogP contribution in [0.1, 0.15) is 48.8 Å². The largest absolute Gasteiger partial charge is 0.323 e. The molecule has 1 aliphatic heterocycles. The van der Waals surface area contributed by atoms with E-state index in [2.05, 4.69) is 51.3 Å². The molecule has 0 saturated carbocycles. The molecular formula is C23H25N7O. The minimum absolute atomic E-state index is 0.0406. The number of rotatable bonds is 3. The van der Waals surface area contributed by atoms with Gasteiger partial charge in [0.15, 0.2) is 5.65 Å². The summed E-state index contributed by atoms with van der Waals surface area (Å²) in [6.07, 6.45) is 5.51. The molecule has 5 rings (SSSR count). The summed E-state index contributed by atoms with van der Waals surface area (Å²) in [4.78, 5) is 19.6. The first-order chi connectivity index (χ1) is 14.9. The molecule has 0 bridgehead atoms. The van der Waals surface area contributed by atoms with E-state index >= 15 is 0 Å². The molecule has 8 heteroatoms. The standard InChI is InChI=1S/C23H25N7O/c1-23(2,3)16-8-6-15(7-9-16)22(31)27-19-13-21(30-20(26-19)10-11-25-30)29-12-4-5-17-18(29)14-24-28-17/h6-11,13-14H,4-5,12H2,1-3H3,(H,24,28)(H,26,27,31). The monoisotopic (exact) mass is 415 g/mol. The maximum Gasteiger partial charge on any atom is 0.256 e. The number of aromatic amines is 1. The van der Waals surface area contributed by atoms with Crippen molar-refractivity contribution in [1.82, 2.24) is 24.8 Å². The Bertz CT molecular complexity index is 1250. The van der Waals surface area contributed by atoms with Gasteiger partial charge in [-0.3, -0.25) is 9.89 Å². The molecular weight excluding hydrogens is 390 g/mol. The van der Waals surface area contributed by atoms with Crippen LogP contribution in [0, 0.1) is 0 Å². The number of carbonyl (C=O) groups is 1. The molecule has 2 N–H and O–H groups in total. The quantitative estimate of drug-likeness (QED) is 0.526. The lowest BCUT2D eigenvalue weighted by Gasteiger charge is -2.28. The average molecular weight is 416 g/mol. The number of fused-ring (bicyclic) bond motifs is 2. The number of H-pyrrole nitrogens is 1. The highest BCUT2D eigenvalue weighted by Gasteiger charge is 2.23. The summed E-state index contributed by atoms with van der Waals surface area (Å²) < 4.78 is 1.79. The molecule has 31 heavy (non-hydrogen) atoms. The molecule has 0 atom stereocenters. The van der Waals surface area contributed by atoms with Gasteiger partial charge >= 0.3 is 0 Å². The number of aryl methyl sites for hydroxylation is 1. The third kappa shape index (κ3) is 3.54. The molecule has 1 aliphatic rings. The van der Waals surface area contributed by atoms with E-state index in [1.54, 1.807) is 10.7 Å². The first kappa shape index (κ1) is 19.3. The number of aromatic nitrogens is 5. The topological polar surface area (TPSA) is 91.2 Å². The molecule has 0 unspecified atom stereocenters. The van der Waals surface area contributed by atoms with Gasteiger partial charge in [0.2, 0.25) is 0 Å². The molecule has 158 valence electrons. The number of nitrogens with one attached hydrogen (secondary N) is 2. The Morgan fingerprint density at radius 2 is 1.97 bits per heavy atom. The summed E-state index contributed by atoms with van der Waals surface area (Å²) in [7, 11) is 0. The van der Waals surface area contributed by atoms with Crippen LogP contribution in [0.4, 0.5) is 17.3 Å². The fourth-order valence-electron chi connectivity index (χ4n) is 3.96. The van der Waals surface area contributed by atoms with Gasteiger partial charge in [0.05, 0.1) is 23.8 Å². The van der Waals surface area contributed by atoms with Gasteiger partial charge in [-0.2, -0.15) is 14.7 Å². The van der Waals surface area contributed by atoms with Crippen LogP contribution < -0.4 is 10.2 Å². The van der Waals surface area contributed by atoms with Gasteiger partial charge in [0.1, 0.15) is 11.6 Å². The lowest BCUT2D eigenvalue weighted by molar-refractivity contribution is 0.102. The van der Waals surface area contributed by atoms with Crippen LogP contribution in [-0.4, -0.2) is 37.2 Å². The Hall–Kier alpha value is -3.68. The van der Waals surface area contributed by atoms with E-state index in [1.807, 2.05) is 42.6 Å². The lowest BCUT2D eigenvalue weighted by Crippen LogP contribution is -2.26. The van der Waals surface area contributed by atoms with Crippen LogP contribution in [0.5, 0.6) is 0 Å². The molecule has 0 radical (unpaired) electrons. The third-order valence-corrected chi connectivity index (χ3v) is 5.67. The molecule has 1 aromatic carbocycles. The van der Waals surface area contributed by atoms with Gasteiger partial charge in [0, 0.05) is 24.2 Å². The van der Waals surface area contributed by atoms with E-state index in [-0.39, 0.29) is 11.3 Å². The molecule has 4 aromatic rings. The maximum atomic E-state index is 12.9. The fourth-order valence-corrected chi connectivity index (χ4v) is 3.96. The average Bonchev–Trinajstić information content (AvgIpc) is 3.41. The molecule has 0 aliphatic carbocycles. The Kier molecular flexibility index (Phi) is 4.50. The number of nitrogens with zero attached hydrogens (tertiary/aromatic N) is 5. The fraction of sp³-hybridized carbons (Fsp3) is 0.304. The molecule has 0 fully saturated rings. The molecule has 0 saturated heterocycles. The van der Waals surface area contributed by atoms with E-state index < -0.39 is 0 Å². The molecule has 4 heterocycles. The van der Waals surface area contributed by atoms with Gasteiger partial charge in [-0.15, -0.1) is 0 Å². The number of benzene rings is 1. The van der Waals surface area contributed by atoms with Crippen molar-refractivity contribution in [3.05, 3.63) is 65.6 Å². The third-order valence-electron chi connectivity index (χ3n) is 5.67. The predicted molar refractivity (Wildman–Crippen MR) is 120 cm³/mol. The first-order valence-corrected chi connectivity index (χ1v) is 10.5. The number of hydrogen-bond acceptors (Lipinski definition) is 5. The zero-order valence-corrected chi connectivity index (χ0v) is 17.9. The van der Waals surface area contributed by atoms with Crippen molar-refractivity contribution < 1.29 is 4.79 Å². The molecule has 1 amide bonds. The Morgan fingerprint density at radius 1 is 1.16 bits per heavy atom. The van der Waals surface area contributed by atoms with Crippen molar-refractivity contribution in [1.29, 1.82) is 0 Å². The van der Waals surface area contributed by atoms with E-state index in [0.717, 1.165) is 36.6 Å². The normalized spacial score (nSPS) is 14.0. The maximum absolute atomic E-state index is 12.9. The number of carbonyl (C=O) groups excluding carboxylic acids is 1. The summed E-state index contributed by atoms with van der Waals surface area (Å²) in [5.74, 6) is 1.14. The van der Waals surface area contributed by atoms with Gasteiger partial charge in [-0.05, 0) is 36.0 Å². The molecule has 0 spiro atoms. The van der Waals surface area contributed by atoms with E-state index in [0.29, 0.717) is 17.0 Å². The highest BCUT2D eigenvalue weighted by atomic mass is 16.1. The van der Waals surface area contributed by atoms with E-state index in [4.69, 9.17) is 0 Å². The van der Waals surface area contributed by atoms with Crippen molar-refractivity contribution in [3.63, 3.8) is 0 Å². The summed E-state index contributed by atoms with van der Waals surface area (Å²) in [6.45, 7) is 7.30. The second-order valence-corrected chi connectivity index (χ2v) is 8.87. The van der Waals surface area contributed by atoms with E-state index in [9.17, 15) is 4.79 Å². The smallest absolute Gasteiger partial charge is 0.256 e. The minimum atomic E-state index is -0.189. The van der Waals surface area contributed by atoms with Gasteiger partial charge in [0.25, 0.3) is 5.91 Å². The zero-order valence-electron chi connectivity index (χ0n) is 17.9. The SMILES string of the molecule is CC(C)(C)c1ccc(C(=O)Nc2cc(N3CCCc4[nH]ncc43)n3nccc3n2)cc1. The molecule has 8 nitrogen and oxygen atoms in total. The van der Waals surface area contributed by atoms with Crippen LogP contribution in [0.2, 0.25) is 0 Å². The summed E-state index contributed by atoms with van der Waals surface area (Å²) in [5.41, 5.74) is 4.63. The van der Waals surface area contributed by atoms with Crippen LogP contribution in [0.25, 0.3) is 5.65 Å². The van der Waals surface area contributed by atoms with Crippen LogP contribution in [0.15, 0.2) is 48.8 Å². The lowest BCUT2D eigenvalue weighted by atomic mass is 9.87. The van der Waals surface area contributed by atoms with Crippen LogP contribution >= 0.6 is 0 Å². The Morgan fingerprint density at radius 3 is 2.74 bits per heavy atom. The second kappa shape index (κ2) is 7.23. The highest BCUT2D eigenvalue weighted by molar-refractivity contribution is 6.04. The van der Waals surface area contributed by atoms with Crippen molar-refractivity contribution in [2.75, 3.05) is 16.8 Å². The summed E-state index contributed by atoms with van der Waals surface area (Å²) in [6, 6.07) is 11.4. The number of hydrogen-bond donors (Lipinski definition) is 2. The van der Waals surface area contributed by atoms with Gasteiger partial charge < -0.3 is 10.2 Å². The van der Waals surface area contributed by atoms with Crippen molar-refractivity contribution in [2.45, 2.75) is 39.0 Å². The summed E-state index contributed by atoms with van der Waals surface area (Å²) >= 11 is 0. The van der Waals surface area contributed by atoms with Gasteiger partial charge in [-0.25, -0.2) is 4.98 Å². The van der Waals surface area contributed by atoms with Crippen LogP contribution in [0.3, 0.4) is 0 Å².